The number of thiazole rings is 1. The molecule has 0 aliphatic heterocycles. The molecule has 1 aromatic carbocycles. The fourth-order valence-corrected chi connectivity index (χ4v) is 3.77. The molecule has 2 heterocycles. The zero-order valence-corrected chi connectivity index (χ0v) is 16.1. The summed E-state index contributed by atoms with van der Waals surface area (Å²) in [6.07, 6.45) is 0. The number of aromatic nitrogens is 3. The highest BCUT2D eigenvalue weighted by atomic mass is 32.2. The van der Waals surface area contributed by atoms with E-state index in [0.717, 1.165) is 21.1 Å². The molecular weight excluding hydrogens is 375 g/mol. The van der Waals surface area contributed by atoms with Gasteiger partial charge in [0.2, 0.25) is 5.91 Å². The summed E-state index contributed by atoms with van der Waals surface area (Å²) in [5, 5.41) is 11.7. The van der Waals surface area contributed by atoms with Gasteiger partial charge in [-0.3, -0.25) is 4.79 Å². The predicted molar refractivity (Wildman–Crippen MR) is 98.4 cm³/mol. The van der Waals surface area contributed by atoms with E-state index >= 15 is 0 Å². The van der Waals surface area contributed by atoms with E-state index in [1.807, 2.05) is 13.8 Å². The summed E-state index contributed by atoms with van der Waals surface area (Å²) in [6.45, 7) is 5.90. The highest BCUT2D eigenvalue weighted by Crippen LogP contribution is 2.31. The highest BCUT2D eigenvalue weighted by Gasteiger charge is 2.20. The normalized spacial score (nSPS) is 12.2. The maximum atomic E-state index is 12.9. The van der Waals surface area contributed by atoms with Gasteiger partial charge >= 0.3 is 0 Å². The molecule has 136 valence electrons. The average molecular weight is 392 g/mol. The Morgan fingerprint density at radius 2 is 2.04 bits per heavy atom. The summed E-state index contributed by atoms with van der Waals surface area (Å²) < 4.78 is 18.5. The lowest BCUT2D eigenvalue weighted by Gasteiger charge is -2.09. The second kappa shape index (κ2) is 7.96. The fourth-order valence-electron chi connectivity index (χ4n) is 2.22. The van der Waals surface area contributed by atoms with Gasteiger partial charge in [-0.25, -0.2) is 9.37 Å². The van der Waals surface area contributed by atoms with Gasteiger partial charge in [0.15, 0.2) is 0 Å². The minimum Gasteiger partial charge on any atom is -0.410 e. The van der Waals surface area contributed by atoms with Gasteiger partial charge in [-0.05, 0) is 38.5 Å². The summed E-state index contributed by atoms with van der Waals surface area (Å²) in [6, 6.07) is 6.00. The highest BCUT2D eigenvalue weighted by molar-refractivity contribution is 8.00. The molecule has 1 unspecified atom stereocenters. The second-order valence-electron chi connectivity index (χ2n) is 5.62. The van der Waals surface area contributed by atoms with Gasteiger partial charge in [0.25, 0.3) is 11.1 Å². The lowest BCUT2D eigenvalue weighted by molar-refractivity contribution is -0.120. The van der Waals surface area contributed by atoms with E-state index in [0.29, 0.717) is 17.7 Å². The van der Waals surface area contributed by atoms with Gasteiger partial charge in [-0.1, -0.05) is 23.9 Å². The molecule has 0 spiro atoms. The Balaban J connectivity index is 1.57. The minimum atomic E-state index is -0.409. The molecular formula is C17H17FN4O2S2. The van der Waals surface area contributed by atoms with Crippen molar-refractivity contribution in [2.45, 2.75) is 37.8 Å². The number of aryl methyl sites for hydroxylation is 2. The van der Waals surface area contributed by atoms with Crippen molar-refractivity contribution in [3.8, 4) is 10.8 Å². The molecule has 0 saturated carbocycles. The molecule has 1 amide bonds. The monoisotopic (exact) mass is 392 g/mol. The summed E-state index contributed by atoms with van der Waals surface area (Å²) in [4.78, 5) is 17.4. The molecule has 2 aromatic heterocycles. The topological polar surface area (TPSA) is 80.9 Å². The van der Waals surface area contributed by atoms with Crippen molar-refractivity contribution in [1.82, 2.24) is 20.5 Å². The molecule has 0 bridgehead atoms. The SMILES string of the molecule is Cc1nc(C)c(-c2nnc(SC(C)C(=O)NCc3ccc(F)cc3)o2)s1. The van der Waals surface area contributed by atoms with Gasteiger partial charge in [0.1, 0.15) is 10.7 Å². The van der Waals surface area contributed by atoms with Crippen molar-refractivity contribution in [1.29, 1.82) is 0 Å². The Labute approximate surface area is 158 Å². The fraction of sp³-hybridized carbons (Fsp3) is 0.294. The van der Waals surface area contributed by atoms with Crippen molar-refractivity contribution >= 4 is 29.0 Å². The van der Waals surface area contributed by atoms with Crippen LogP contribution in [-0.4, -0.2) is 26.3 Å². The molecule has 0 aliphatic carbocycles. The van der Waals surface area contributed by atoms with Crippen molar-refractivity contribution < 1.29 is 13.6 Å². The van der Waals surface area contributed by atoms with E-state index in [-0.39, 0.29) is 11.7 Å². The molecule has 3 aromatic rings. The Hall–Kier alpha value is -2.26. The first-order chi connectivity index (χ1) is 12.4. The van der Waals surface area contributed by atoms with Gasteiger partial charge in [-0.2, -0.15) is 0 Å². The first-order valence-corrected chi connectivity index (χ1v) is 9.58. The van der Waals surface area contributed by atoms with E-state index in [4.69, 9.17) is 4.42 Å². The van der Waals surface area contributed by atoms with Crippen LogP contribution in [0.2, 0.25) is 0 Å². The lowest BCUT2D eigenvalue weighted by Crippen LogP contribution is -2.30. The van der Waals surface area contributed by atoms with Crippen LogP contribution in [0.3, 0.4) is 0 Å². The molecule has 0 radical (unpaired) electrons. The first-order valence-electron chi connectivity index (χ1n) is 7.89. The van der Waals surface area contributed by atoms with Crippen LogP contribution < -0.4 is 5.32 Å². The van der Waals surface area contributed by atoms with E-state index in [2.05, 4.69) is 20.5 Å². The molecule has 3 rings (SSSR count). The molecule has 0 saturated heterocycles. The second-order valence-corrected chi connectivity index (χ2v) is 8.12. The summed E-state index contributed by atoms with van der Waals surface area (Å²) in [5.41, 5.74) is 1.67. The standard InChI is InChI=1S/C17H17FN4O2S2/c1-9-14(26-11(3)20-9)16-21-22-17(24-16)25-10(2)15(23)19-8-12-4-6-13(18)7-5-12/h4-7,10H,8H2,1-3H3,(H,19,23). The predicted octanol–water partition coefficient (Wildman–Crippen LogP) is 3.75. The third-order valence-corrected chi connectivity index (χ3v) is 5.53. The van der Waals surface area contributed by atoms with Gasteiger partial charge < -0.3 is 9.73 Å². The zero-order valence-electron chi connectivity index (χ0n) is 14.4. The van der Waals surface area contributed by atoms with Crippen molar-refractivity contribution in [2.24, 2.45) is 0 Å². The van der Waals surface area contributed by atoms with Gasteiger partial charge in [0.05, 0.1) is 16.0 Å². The molecule has 0 fully saturated rings. The average Bonchev–Trinajstić information content (AvgIpc) is 3.19. The number of nitrogens with zero attached hydrogens (tertiary/aromatic N) is 3. The number of thioether (sulfide) groups is 1. The van der Waals surface area contributed by atoms with Crippen LogP contribution in [0.4, 0.5) is 4.39 Å². The largest absolute Gasteiger partial charge is 0.410 e. The van der Waals surface area contributed by atoms with E-state index in [1.54, 1.807) is 19.1 Å². The van der Waals surface area contributed by atoms with Gasteiger partial charge in [0, 0.05) is 6.54 Å². The third-order valence-electron chi connectivity index (χ3n) is 3.53. The number of nitrogens with one attached hydrogen (secondary N) is 1. The van der Waals surface area contributed by atoms with Crippen molar-refractivity contribution in [3.05, 3.63) is 46.3 Å². The van der Waals surface area contributed by atoms with Crippen LogP contribution in [0.5, 0.6) is 0 Å². The number of halogens is 1. The number of rotatable bonds is 6. The maximum absolute atomic E-state index is 12.9. The summed E-state index contributed by atoms with van der Waals surface area (Å²) in [5.74, 6) is -0.0546. The molecule has 1 N–H and O–H groups in total. The Bertz CT molecular complexity index is 908. The van der Waals surface area contributed by atoms with E-state index < -0.39 is 5.25 Å². The van der Waals surface area contributed by atoms with Crippen molar-refractivity contribution in [3.63, 3.8) is 0 Å². The van der Waals surface area contributed by atoms with Crippen LogP contribution in [0.25, 0.3) is 10.8 Å². The number of carbonyl (C=O) groups excluding carboxylic acids is 1. The van der Waals surface area contributed by atoms with Crippen LogP contribution in [0.1, 0.15) is 23.2 Å². The summed E-state index contributed by atoms with van der Waals surface area (Å²) in [7, 11) is 0. The molecule has 6 nitrogen and oxygen atoms in total. The minimum absolute atomic E-state index is 0.163. The van der Waals surface area contributed by atoms with Crippen LogP contribution in [0, 0.1) is 19.7 Å². The molecule has 1 atom stereocenters. The van der Waals surface area contributed by atoms with Crippen LogP contribution >= 0.6 is 23.1 Å². The van der Waals surface area contributed by atoms with Gasteiger partial charge in [-0.15, -0.1) is 21.5 Å². The van der Waals surface area contributed by atoms with E-state index in [9.17, 15) is 9.18 Å². The van der Waals surface area contributed by atoms with E-state index in [1.165, 1.54) is 35.2 Å². The number of hydrogen-bond acceptors (Lipinski definition) is 7. The first kappa shape index (κ1) is 18.5. The molecule has 0 aliphatic rings. The number of hydrogen-bond donors (Lipinski definition) is 1. The summed E-state index contributed by atoms with van der Waals surface area (Å²) >= 11 is 2.68. The smallest absolute Gasteiger partial charge is 0.277 e. The zero-order chi connectivity index (χ0) is 18.7. The maximum Gasteiger partial charge on any atom is 0.277 e. The number of carbonyl (C=O) groups is 1. The van der Waals surface area contributed by atoms with Crippen molar-refractivity contribution in [2.75, 3.05) is 0 Å². The third kappa shape index (κ3) is 4.47. The Morgan fingerprint density at radius 1 is 1.31 bits per heavy atom. The molecule has 9 heteroatoms. The lowest BCUT2D eigenvalue weighted by atomic mass is 10.2. The molecule has 26 heavy (non-hydrogen) atoms. The van der Waals surface area contributed by atoms with Crippen LogP contribution in [0.15, 0.2) is 33.9 Å². The number of amides is 1. The van der Waals surface area contributed by atoms with Crippen LogP contribution in [-0.2, 0) is 11.3 Å². The number of benzene rings is 1. The quantitative estimate of drug-likeness (QED) is 0.644. The Morgan fingerprint density at radius 3 is 2.69 bits per heavy atom. The Kier molecular flexibility index (Phi) is 5.67.